The van der Waals surface area contributed by atoms with Crippen molar-refractivity contribution in [1.82, 2.24) is 10.2 Å². The standard InChI is InChI=1S/C17H16N2O3/c1-10-3-6-15(11(2)7-10)22-16-9-18-19-17(16)13-5-4-12(20)8-14(13)21/h3-9,20-21H,1-2H3,(H,18,19). The van der Waals surface area contributed by atoms with E-state index >= 15 is 0 Å². The van der Waals surface area contributed by atoms with Gasteiger partial charge in [-0.05, 0) is 37.6 Å². The summed E-state index contributed by atoms with van der Waals surface area (Å²) in [6.07, 6.45) is 1.56. The summed E-state index contributed by atoms with van der Waals surface area (Å²) in [5.74, 6) is 1.19. The number of H-pyrrole nitrogens is 1. The predicted molar refractivity (Wildman–Crippen MR) is 83.3 cm³/mol. The second kappa shape index (κ2) is 5.44. The maximum atomic E-state index is 9.98. The van der Waals surface area contributed by atoms with E-state index in [1.807, 2.05) is 32.0 Å². The molecule has 2 aromatic carbocycles. The van der Waals surface area contributed by atoms with Crippen molar-refractivity contribution < 1.29 is 14.9 Å². The minimum Gasteiger partial charge on any atom is -0.508 e. The Balaban J connectivity index is 1.98. The number of rotatable bonds is 3. The van der Waals surface area contributed by atoms with E-state index in [4.69, 9.17) is 4.74 Å². The molecule has 22 heavy (non-hydrogen) atoms. The Morgan fingerprint density at radius 1 is 1.00 bits per heavy atom. The second-order valence-electron chi connectivity index (χ2n) is 5.18. The van der Waals surface area contributed by atoms with E-state index in [2.05, 4.69) is 10.2 Å². The fourth-order valence-electron chi connectivity index (χ4n) is 2.31. The van der Waals surface area contributed by atoms with Crippen LogP contribution in [0, 0.1) is 13.8 Å². The molecule has 0 radical (unpaired) electrons. The fourth-order valence-corrected chi connectivity index (χ4v) is 2.31. The Labute approximate surface area is 127 Å². The smallest absolute Gasteiger partial charge is 0.173 e. The molecule has 1 aromatic heterocycles. The first-order valence-corrected chi connectivity index (χ1v) is 6.85. The Bertz CT molecular complexity index is 825. The van der Waals surface area contributed by atoms with Crippen LogP contribution in [0.5, 0.6) is 23.0 Å². The number of ether oxygens (including phenoxy) is 1. The predicted octanol–water partition coefficient (Wildman–Crippen LogP) is 3.90. The summed E-state index contributed by atoms with van der Waals surface area (Å²) in [7, 11) is 0. The summed E-state index contributed by atoms with van der Waals surface area (Å²) in [4.78, 5) is 0. The lowest BCUT2D eigenvalue weighted by Gasteiger charge is -2.10. The molecule has 5 heteroatoms. The molecule has 0 saturated heterocycles. The molecule has 1 heterocycles. The fraction of sp³-hybridized carbons (Fsp3) is 0.118. The quantitative estimate of drug-likeness (QED) is 0.685. The van der Waals surface area contributed by atoms with Crippen molar-refractivity contribution in [2.75, 3.05) is 0 Å². The average Bonchev–Trinajstić information content (AvgIpc) is 2.90. The number of aryl methyl sites for hydroxylation is 2. The SMILES string of the molecule is Cc1ccc(Oc2cn[nH]c2-c2ccc(O)cc2O)c(C)c1. The highest BCUT2D eigenvalue weighted by Crippen LogP contribution is 2.38. The van der Waals surface area contributed by atoms with E-state index in [1.165, 1.54) is 12.1 Å². The lowest BCUT2D eigenvalue weighted by atomic mass is 10.1. The average molecular weight is 296 g/mol. The van der Waals surface area contributed by atoms with E-state index in [-0.39, 0.29) is 11.5 Å². The number of nitrogens with one attached hydrogen (secondary N) is 1. The Morgan fingerprint density at radius 3 is 2.55 bits per heavy atom. The molecule has 3 aromatic rings. The molecule has 0 fully saturated rings. The summed E-state index contributed by atoms with van der Waals surface area (Å²) in [5, 5.41) is 26.2. The zero-order valence-electron chi connectivity index (χ0n) is 12.3. The van der Waals surface area contributed by atoms with Crippen molar-refractivity contribution in [2.24, 2.45) is 0 Å². The number of phenols is 2. The molecule has 0 spiro atoms. The molecule has 0 saturated carbocycles. The van der Waals surface area contributed by atoms with Crippen LogP contribution in [0.2, 0.25) is 0 Å². The molecule has 0 unspecified atom stereocenters. The van der Waals surface area contributed by atoms with E-state index < -0.39 is 0 Å². The van der Waals surface area contributed by atoms with Crippen LogP contribution in [-0.2, 0) is 0 Å². The first kappa shape index (κ1) is 14.0. The van der Waals surface area contributed by atoms with E-state index in [9.17, 15) is 10.2 Å². The highest BCUT2D eigenvalue weighted by Gasteiger charge is 2.15. The van der Waals surface area contributed by atoms with Crippen molar-refractivity contribution in [1.29, 1.82) is 0 Å². The first-order chi connectivity index (χ1) is 10.5. The molecule has 0 atom stereocenters. The van der Waals surface area contributed by atoms with Crippen LogP contribution < -0.4 is 4.74 Å². The minimum absolute atomic E-state index is 0.00221. The molecule has 0 aliphatic carbocycles. The molecule has 0 amide bonds. The van der Waals surface area contributed by atoms with Crippen LogP contribution in [0.4, 0.5) is 0 Å². The number of benzene rings is 2. The molecular weight excluding hydrogens is 280 g/mol. The zero-order chi connectivity index (χ0) is 15.7. The van der Waals surface area contributed by atoms with E-state index in [0.29, 0.717) is 17.0 Å². The summed E-state index contributed by atoms with van der Waals surface area (Å²) in [6.45, 7) is 3.99. The van der Waals surface area contributed by atoms with Gasteiger partial charge in [-0.1, -0.05) is 17.7 Å². The van der Waals surface area contributed by atoms with Crippen LogP contribution in [0.25, 0.3) is 11.3 Å². The minimum atomic E-state index is -0.0465. The molecule has 0 aliphatic rings. The maximum Gasteiger partial charge on any atom is 0.173 e. The summed E-state index contributed by atoms with van der Waals surface area (Å²) in [5.41, 5.74) is 3.24. The highest BCUT2D eigenvalue weighted by atomic mass is 16.5. The number of hydrogen-bond donors (Lipinski definition) is 3. The van der Waals surface area contributed by atoms with Gasteiger partial charge in [-0.2, -0.15) is 5.10 Å². The number of aromatic hydroxyl groups is 2. The number of aromatic amines is 1. The van der Waals surface area contributed by atoms with Gasteiger partial charge in [0.05, 0.1) is 6.20 Å². The van der Waals surface area contributed by atoms with Gasteiger partial charge in [-0.25, -0.2) is 0 Å². The van der Waals surface area contributed by atoms with Gasteiger partial charge < -0.3 is 14.9 Å². The van der Waals surface area contributed by atoms with Crippen LogP contribution in [0.1, 0.15) is 11.1 Å². The lowest BCUT2D eigenvalue weighted by molar-refractivity contribution is 0.450. The van der Waals surface area contributed by atoms with Crippen molar-refractivity contribution in [3.8, 4) is 34.3 Å². The summed E-state index contributed by atoms with van der Waals surface area (Å²) >= 11 is 0. The van der Waals surface area contributed by atoms with Crippen molar-refractivity contribution >= 4 is 0 Å². The maximum absolute atomic E-state index is 9.98. The highest BCUT2D eigenvalue weighted by molar-refractivity contribution is 5.73. The number of aromatic nitrogens is 2. The van der Waals surface area contributed by atoms with Gasteiger partial charge in [0.1, 0.15) is 22.9 Å². The first-order valence-electron chi connectivity index (χ1n) is 6.85. The third kappa shape index (κ3) is 2.61. The van der Waals surface area contributed by atoms with Gasteiger partial charge in [0.25, 0.3) is 0 Å². The molecule has 3 rings (SSSR count). The van der Waals surface area contributed by atoms with E-state index in [0.717, 1.165) is 16.9 Å². The molecule has 5 nitrogen and oxygen atoms in total. The summed E-state index contributed by atoms with van der Waals surface area (Å²) in [6, 6.07) is 10.3. The molecule has 0 aliphatic heterocycles. The monoisotopic (exact) mass is 296 g/mol. The molecular formula is C17H16N2O3. The van der Waals surface area contributed by atoms with Gasteiger partial charge in [-0.15, -0.1) is 0 Å². The van der Waals surface area contributed by atoms with Crippen molar-refractivity contribution in [2.45, 2.75) is 13.8 Å². The number of hydrogen-bond acceptors (Lipinski definition) is 4. The summed E-state index contributed by atoms with van der Waals surface area (Å²) < 4.78 is 5.91. The van der Waals surface area contributed by atoms with Crippen LogP contribution in [0.15, 0.2) is 42.6 Å². The largest absolute Gasteiger partial charge is 0.508 e. The van der Waals surface area contributed by atoms with Crippen molar-refractivity contribution in [3.63, 3.8) is 0 Å². The molecule has 112 valence electrons. The number of phenolic OH excluding ortho intramolecular Hbond substituents is 2. The topological polar surface area (TPSA) is 78.4 Å². The van der Waals surface area contributed by atoms with Crippen molar-refractivity contribution in [3.05, 3.63) is 53.7 Å². The second-order valence-corrected chi connectivity index (χ2v) is 5.18. The van der Waals surface area contributed by atoms with Gasteiger partial charge in [0.2, 0.25) is 0 Å². The number of nitrogens with zero attached hydrogens (tertiary/aromatic N) is 1. The van der Waals surface area contributed by atoms with Gasteiger partial charge >= 0.3 is 0 Å². The van der Waals surface area contributed by atoms with Crippen LogP contribution >= 0.6 is 0 Å². The third-order valence-corrected chi connectivity index (χ3v) is 3.41. The zero-order valence-corrected chi connectivity index (χ0v) is 12.3. The Morgan fingerprint density at radius 2 is 1.82 bits per heavy atom. The van der Waals surface area contributed by atoms with Gasteiger partial charge in [-0.3, -0.25) is 5.10 Å². The van der Waals surface area contributed by atoms with Crippen LogP contribution in [0.3, 0.4) is 0 Å². The van der Waals surface area contributed by atoms with E-state index in [1.54, 1.807) is 12.3 Å². The van der Waals surface area contributed by atoms with Gasteiger partial charge in [0, 0.05) is 11.6 Å². The lowest BCUT2D eigenvalue weighted by Crippen LogP contribution is -1.90. The van der Waals surface area contributed by atoms with Gasteiger partial charge in [0.15, 0.2) is 5.75 Å². The third-order valence-electron chi connectivity index (χ3n) is 3.41. The normalized spacial score (nSPS) is 10.6. The molecule has 0 bridgehead atoms. The Hall–Kier alpha value is -2.95. The Kier molecular flexibility index (Phi) is 3.47. The molecule has 3 N–H and O–H groups in total. The van der Waals surface area contributed by atoms with Crippen LogP contribution in [-0.4, -0.2) is 20.4 Å².